The van der Waals surface area contributed by atoms with Crippen LogP contribution in [-0.4, -0.2) is 35.6 Å². The first-order valence-electron chi connectivity index (χ1n) is 7.14. The van der Waals surface area contributed by atoms with Gasteiger partial charge in [0.15, 0.2) is 11.6 Å². The molecule has 0 atom stereocenters. The number of nitrogens with one attached hydrogen (secondary N) is 1. The number of carbonyl (C=O) groups is 2. The molecule has 1 aliphatic heterocycles. The van der Waals surface area contributed by atoms with Gasteiger partial charge in [0.2, 0.25) is 17.5 Å². The number of para-hydroxylation sites is 1. The number of amides is 3. The molecular formula is C15H12F2N4O4. The van der Waals surface area contributed by atoms with Gasteiger partial charge in [0.05, 0.1) is 13.3 Å². The molecule has 2 aromatic rings. The number of rotatable bonds is 4. The zero-order valence-electron chi connectivity index (χ0n) is 13.0. The smallest absolute Gasteiger partial charge is 0.328 e. The van der Waals surface area contributed by atoms with E-state index in [1.807, 2.05) is 0 Å². The van der Waals surface area contributed by atoms with E-state index in [1.54, 1.807) is 0 Å². The lowest BCUT2D eigenvalue weighted by Gasteiger charge is -2.26. The summed E-state index contributed by atoms with van der Waals surface area (Å²) >= 11 is 0. The molecule has 3 amide bonds. The van der Waals surface area contributed by atoms with Crippen LogP contribution in [0.3, 0.4) is 0 Å². The van der Waals surface area contributed by atoms with Crippen molar-refractivity contribution in [3.05, 3.63) is 36.0 Å². The molecule has 130 valence electrons. The van der Waals surface area contributed by atoms with Gasteiger partial charge in [0.1, 0.15) is 5.69 Å². The van der Waals surface area contributed by atoms with Gasteiger partial charge in [-0.05, 0) is 12.1 Å². The molecular weight excluding hydrogens is 338 g/mol. The van der Waals surface area contributed by atoms with Gasteiger partial charge in [-0.3, -0.25) is 15.0 Å². The van der Waals surface area contributed by atoms with Crippen molar-refractivity contribution in [2.75, 3.05) is 18.6 Å². The molecule has 0 bridgehead atoms. The standard InChI is InChI=1S/C15H12F2N4O4/c1-24-13-10(21-6-5-11(22)19-15(21)23)7-18-14(20-13)25-12-8(16)3-2-4-9(12)17/h2-4,7H,5-6H2,1H3,(H,19,22,23). The summed E-state index contributed by atoms with van der Waals surface area (Å²) in [6, 6.07) is 2.24. The van der Waals surface area contributed by atoms with Crippen LogP contribution in [0.25, 0.3) is 0 Å². The number of ether oxygens (including phenoxy) is 2. The van der Waals surface area contributed by atoms with Crippen LogP contribution in [0.15, 0.2) is 24.4 Å². The van der Waals surface area contributed by atoms with Crippen LogP contribution in [0.4, 0.5) is 19.3 Å². The lowest BCUT2D eigenvalue weighted by molar-refractivity contribution is -0.120. The fourth-order valence-electron chi connectivity index (χ4n) is 2.19. The second-order valence-electron chi connectivity index (χ2n) is 4.95. The monoisotopic (exact) mass is 350 g/mol. The van der Waals surface area contributed by atoms with Crippen molar-refractivity contribution >= 4 is 17.6 Å². The predicted octanol–water partition coefficient (Wildman–Crippen LogP) is 2.00. The number of methoxy groups -OCH3 is 1. The maximum Gasteiger partial charge on any atom is 0.328 e. The van der Waals surface area contributed by atoms with Crippen LogP contribution >= 0.6 is 0 Å². The van der Waals surface area contributed by atoms with E-state index in [9.17, 15) is 18.4 Å². The summed E-state index contributed by atoms with van der Waals surface area (Å²) in [5.74, 6) is -2.93. The summed E-state index contributed by atoms with van der Waals surface area (Å²) in [5.41, 5.74) is 0.189. The molecule has 0 unspecified atom stereocenters. The lowest BCUT2D eigenvalue weighted by atomic mass is 10.3. The Morgan fingerprint density at radius 1 is 1.24 bits per heavy atom. The number of imide groups is 1. The maximum absolute atomic E-state index is 13.6. The Hall–Kier alpha value is -3.30. The number of hydrogen-bond donors (Lipinski definition) is 1. The fourth-order valence-corrected chi connectivity index (χ4v) is 2.19. The van der Waals surface area contributed by atoms with E-state index in [-0.39, 0.29) is 30.5 Å². The normalized spacial score (nSPS) is 14.3. The highest BCUT2D eigenvalue weighted by Gasteiger charge is 2.28. The lowest BCUT2D eigenvalue weighted by Crippen LogP contribution is -2.49. The van der Waals surface area contributed by atoms with Gasteiger partial charge in [-0.2, -0.15) is 4.98 Å². The molecule has 2 heterocycles. The topological polar surface area (TPSA) is 93.7 Å². The largest absolute Gasteiger partial charge is 0.479 e. The molecule has 1 saturated heterocycles. The first kappa shape index (κ1) is 16.6. The Morgan fingerprint density at radius 2 is 1.96 bits per heavy atom. The summed E-state index contributed by atoms with van der Waals surface area (Å²) < 4.78 is 37.4. The second-order valence-corrected chi connectivity index (χ2v) is 4.95. The van der Waals surface area contributed by atoms with Gasteiger partial charge in [-0.15, -0.1) is 0 Å². The third kappa shape index (κ3) is 3.32. The van der Waals surface area contributed by atoms with Crippen LogP contribution in [0.1, 0.15) is 6.42 Å². The zero-order chi connectivity index (χ0) is 18.0. The van der Waals surface area contributed by atoms with Gasteiger partial charge < -0.3 is 9.47 Å². The van der Waals surface area contributed by atoms with Crippen molar-refractivity contribution in [1.29, 1.82) is 0 Å². The molecule has 0 aliphatic carbocycles. The van der Waals surface area contributed by atoms with E-state index in [0.29, 0.717) is 0 Å². The molecule has 0 spiro atoms. The van der Waals surface area contributed by atoms with Crippen molar-refractivity contribution in [2.45, 2.75) is 6.42 Å². The number of urea groups is 1. The Labute approximate surface area is 140 Å². The molecule has 1 fully saturated rings. The van der Waals surface area contributed by atoms with Crippen LogP contribution in [-0.2, 0) is 4.79 Å². The minimum Gasteiger partial charge on any atom is -0.479 e. The molecule has 25 heavy (non-hydrogen) atoms. The number of anilines is 1. The number of nitrogens with zero attached hydrogens (tertiary/aromatic N) is 3. The third-order valence-electron chi connectivity index (χ3n) is 3.36. The summed E-state index contributed by atoms with van der Waals surface area (Å²) in [5, 5.41) is 2.16. The van der Waals surface area contributed by atoms with Crippen LogP contribution in [0, 0.1) is 11.6 Å². The third-order valence-corrected chi connectivity index (χ3v) is 3.36. The number of carbonyl (C=O) groups excluding carboxylic acids is 2. The Kier molecular flexibility index (Phi) is 4.42. The van der Waals surface area contributed by atoms with Crippen LogP contribution in [0.2, 0.25) is 0 Å². The van der Waals surface area contributed by atoms with Crippen molar-refractivity contribution in [1.82, 2.24) is 15.3 Å². The highest BCUT2D eigenvalue weighted by atomic mass is 19.1. The first-order chi connectivity index (χ1) is 12.0. The number of hydrogen-bond acceptors (Lipinski definition) is 6. The molecule has 1 N–H and O–H groups in total. The van der Waals surface area contributed by atoms with E-state index < -0.39 is 29.3 Å². The van der Waals surface area contributed by atoms with E-state index in [0.717, 1.165) is 12.1 Å². The predicted molar refractivity (Wildman–Crippen MR) is 80.5 cm³/mol. The molecule has 0 saturated carbocycles. The minimum absolute atomic E-state index is 0.0498. The SMILES string of the molecule is COc1nc(Oc2c(F)cccc2F)ncc1N1CCC(=O)NC1=O. The van der Waals surface area contributed by atoms with Gasteiger partial charge >= 0.3 is 12.0 Å². The van der Waals surface area contributed by atoms with Crippen molar-refractivity contribution < 1.29 is 27.8 Å². The van der Waals surface area contributed by atoms with E-state index in [4.69, 9.17) is 9.47 Å². The summed E-state index contributed by atoms with van der Waals surface area (Å²) in [6.07, 6.45) is 1.31. The second kappa shape index (κ2) is 6.67. The molecule has 1 aromatic carbocycles. The van der Waals surface area contributed by atoms with Crippen molar-refractivity contribution in [3.63, 3.8) is 0 Å². The quantitative estimate of drug-likeness (QED) is 0.906. The molecule has 10 heteroatoms. The Bertz CT molecular complexity index is 826. The molecule has 1 aromatic heterocycles. The van der Waals surface area contributed by atoms with Crippen LogP contribution < -0.4 is 19.7 Å². The number of benzene rings is 1. The fraction of sp³-hybridized carbons (Fsp3) is 0.200. The average molecular weight is 350 g/mol. The minimum atomic E-state index is -0.916. The van der Waals surface area contributed by atoms with Crippen molar-refractivity contribution in [2.24, 2.45) is 0 Å². The Morgan fingerprint density at radius 3 is 2.60 bits per heavy atom. The maximum atomic E-state index is 13.6. The number of halogens is 2. The van der Waals surface area contributed by atoms with Gasteiger partial charge in [0.25, 0.3) is 0 Å². The van der Waals surface area contributed by atoms with E-state index >= 15 is 0 Å². The van der Waals surface area contributed by atoms with Gasteiger partial charge in [-0.25, -0.2) is 18.6 Å². The highest BCUT2D eigenvalue weighted by Crippen LogP contribution is 2.31. The van der Waals surface area contributed by atoms with Gasteiger partial charge in [0, 0.05) is 13.0 Å². The first-order valence-corrected chi connectivity index (χ1v) is 7.14. The van der Waals surface area contributed by atoms with E-state index in [1.165, 1.54) is 24.3 Å². The van der Waals surface area contributed by atoms with E-state index in [2.05, 4.69) is 15.3 Å². The highest BCUT2D eigenvalue weighted by molar-refractivity contribution is 6.06. The Balaban J connectivity index is 1.90. The summed E-state index contributed by atoms with van der Waals surface area (Å²) in [7, 11) is 1.30. The molecule has 1 aliphatic rings. The summed E-state index contributed by atoms with van der Waals surface area (Å²) in [6.45, 7) is 0.118. The van der Waals surface area contributed by atoms with Gasteiger partial charge in [-0.1, -0.05) is 6.07 Å². The molecule has 3 rings (SSSR count). The summed E-state index contributed by atoms with van der Waals surface area (Å²) in [4.78, 5) is 32.1. The molecule has 8 nitrogen and oxygen atoms in total. The zero-order valence-corrected chi connectivity index (χ0v) is 13.0. The van der Waals surface area contributed by atoms with Crippen molar-refractivity contribution in [3.8, 4) is 17.6 Å². The van der Waals surface area contributed by atoms with Crippen LogP contribution in [0.5, 0.6) is 17.6 Å². The number of aromatic nitrogens is 2. The molecule has 0 radical (unpaired) electrons. The average Bonchev–Trinajstić information content (AvgIpc) is 2.58.